The Balaban J connectivity index is 2.16. The van der Waals surface area contributed by atoms with E-state index in [9.17, 15) is 14.4 Å². The topological polar surface area (TPSA) is 108 Å². The maximum atomic E-state index is 12.7. The van der Waals surface area contributed by atoms with Crippen LogP contribution in [0.15, 0.2) is 21.7 Å². The van der Waals surface area contributed by atoms with E-state index in [0.717, 1.165) is 10.1 Å². The molecule has 2 aromatic heterocycles. The molecule has 0 unspecified atom stereocenters. The molecule has 9 nitrogen and oxygen atoms in total. The summed E-state index contributed by atoms with van der Waals surface area (Å²) < 4.78 is 4.28. The van der Waals surface area contributed by atoms with Gasteiger partial charge in [-0.2, -0.15) is 4.98 Å². The number of allylic oxidation sites excluding steroid dienone is 1. The summed E-state index contributed by atoms with van der Waals surface area (Å²) in [4.78, 5) is 43.0. The fourth-order valence-corrected chi connectivity index (χ4v) is 3.46. The zero-order valence-electron chi connectivity index (χ0n) is 15.4. The Morgan fingerprint density at radius 1 is 1.23 bits per heavy atom. The number of rotatable bonds is 4. The van der Waals surface area contributed by atoms with E-state index >= 15 is 0 Å². The van der Waals surface area contributed by atoms with Crippen molar-refractivity contribution >= 4 is 23.0 Å². The van der Waals surface area contributed by atoms with Gasteiger partial charge in [-0.25, -0.2) is 4.79 Å². The van der Waals surface area contributed by atoms with Crippen LogP contribution in [0.1, 0.15) is 19.8 Å². The number of amides is 1. The van der Waals surface area contributed by atoms with E-state index in [0.29, 0.717) is 49.6 Å². The number of carbonyl (C=O) groups excluding carboxylic acids is 1. The lowest BCUT2D eigenvalue weighted by atomic mass is 9.96. The maximum Gasteiger partial charge on any atom is 0.332 e. The van der Waals surface area contributed by atoms with Crippen molar-refractivity contribution in [1.29, 1.82) is 0 Å². The van der Waals surface area contributed by atoms with Crippen LogP contribution in [0.2, 0.25) is 0 Å². The van der Waals surface area contributed by atoms with E-state index in [-0.39, 0.29) is 17.4 Å². The molecule has 9 heteroatoms. The van der Waals surface area contributed by atoms with Crippen molar-refractivity contribution in [3.63, 3.8) is 0 Å². The van der Waals surface area contributed by atoms with Gasteiger partial charge >= 0.3 is 5.69 Å². The van der Waals surface area contributed by atoms with Crippen molar-refractivity contribution in [3.05, 3.63) is 33.0 Å². The highest BCUT2D eigenvalue weighted by molar-refractivity contribution is 5.77. The largest absolute Gasteiger partial charge is 0.369 e. The number of carbonyl (C=O) groups is 1. The number of imidazole rings is 1. The second-order valence-corrected chi connectivity index (χ2v) is 7.00. The number of piperidine rings is 1. The third kappa shape index (κ3) is 2.83. The highest BCUT2D eigenvalue weighted by atomic mass is 16.2. The van der Waals surface area contributed by atoms with E-state index in [4.69, 9.17) is 5.73 Å². The molecule has 1 aliphatic heterocycles. The summed E-state index contributed by atoms with van der Waals surface area (Å²) in [7, 11) is 3.06. The van der Waals surface area contributed by atoms with Crippen molar-refractivity contribution in [3.8, 4) is 0 Å². The first kappa shape index (κ1) is 18.0. The Morgan fingerprint density at radius 2 is 1.85 bits per heavy atom. The number of hydrogen-bond acceptors (Lipinski definition) is 5. The zero-order chi connectivity index (χ0) is 19.2. The molecule has 1 saturated heterocycles. The highest BCUT2D eigenvalue weighted by Crippen LogP contribution is 2.25. The predicted molar refractivity (Wildman–Crippen MR) is 99.2 cm³/mol. The summed E-state index contributed by atoms with van der Waals surface area (Å²) in [6.07, 6.45) is 1.28. The van der Waals surface area contributed by atoms with Crippen molar-refractivity contribution < 1.29 is 4.79 Å². The Morgan fingerprint density at radius 3 is 2.38 bits per heavy atom. The number of aromatic nitrogens is 4. The van der Waals surface area contributed by atoms with Crippen LogP contribution >= 0.6 is 0 Å². The van der Waals surface area contributed by atoms with Gasteiger partial charge in [-0.05, 0) is 19.8 Å². The molecule has 0 atom stereocenters. The summed E-state index contributed by atoms with van der Waals surface area (Å²) in [5.41, 5.74) is 6.22. The minimum Gasteiger partial charge on any atom is -0.369 e. The van der Waals surface area contributed by atoms with Gasteiger partial charge in [0.15, 0.2) is 11.2 Å². The Hall–Kier alpha value is -2.84. The molecule has 140 valence electrons. The quantitative estimate of drug-likeness (QED) is 0.754. The van der Waals surface area contributed by atoms with Crippen LogP contribution in [0.3, 0.4) is 0 Å². The van der Waals surface area contributed by atoms with Gasteiger partial charge in [0.05, 0.1) is 0 Å². The normalized spacial score (nSPS) is 15.6. The third-order valence-corrected chi connectivity index (χ3v) is 4.94. The Kier molecular flexibility index (Phi) is 4.47. The number of hydrogen-bond donors (Lipinski definition) is 1. The number of nitrogens with zero attached hydrogens (tertiary/aromatic N) is 5. The maximum absolute atomic E-state index is 12.7. The van der Waals surface area contributed by atoms with E-state index in [2.05, 4.69) is 11.6 Å². The highest BCUT2D eigenvalue weighted by Gasteiger charge is 2.28. The van der Waals surface area contributed by atoms with Crippen molar-refractivity contribution in [1.82, 2.24) is 18.7 Å². The van der Waals surface area contributed by atoms with Gasteiger partial charge in [-0.3, -0.25) is 18.7 Å². The minimum absolute atomic E-state index is 0.137. The molecule has 2 aromatic rings. The number of fused-ring (bicyclic) bond motifs is 1. The summed E-state index contributed by atoms with van der Waals surface area (Å²) in [6.45, 7) is 7.47. The minimum atomic E-state index is -0.415. The van der Waals surface area contributed by atoms with Gasteiger partial charge in [0.2, 0.25) is 11.9 Å². The SMILES string of the molecule is C=C(C)Cn1c(N2CCC(C(N)=O)CC2)nc2c1c(=O)n(C)c(=O)n2C. The number of primary amides is 1. The van der Waals surface area contributed by atoms with Crippen LogP contribution in [0.4, 0.5) is 5.95 Å². The fraction of sp³-hybridized carbons (Fsp3) is 0.529. The summed E-state index contributed by atoms with van der Waals surface area (Å²) in [5, 5.41) is 0. The smallest absolute Gasteiger partial charge is 0.332 e. The van der Waals surface area contributed by atoms with Gasteiger partial charge in [-0.1, -0.05) is 12.2 Å². The molecule has 26 heavy (non-hydrogen) atoms. The first-order valence-electron chi connectivity index (χ1n) is 8.57. The molecular formula is C17H24N6O3. The lowest BCUT2D eigenvalue weighted by Crippen LogP contribution is -2.40. The second-order valence-electron chi connectivity index (χ2n) is 7.00. The lowest BCUT2D eigenvalue weighted by molar-refractivity contribution is -0.122. The van der Waals surface area contributed by atoms with Gasteiger partial charge in [0.1, 0.15) is 0 Å². The molecule has 0 radical (unpaired) electrons. The summed E-state index contributed by atoms with van der Waals surface area (Å²) in [6, 6.07) is 0. The monoisotopic (exact) mass is 360 g/mol. The molecule has 0 aliphatic carbocycles. The Bertz CT molecular complexity index is 1000. The molecule has 0 saturated carbocycles. The molecule has 1 fully saturated rings. The van der Waals surface area contributed by atoms with Crippen LogP contribution in [-0.4, -0.2) is 37.7 Å². The van der Waals surface area contributed by atoms with Gasteiger partial charge < -0.3 is 15.2 Å². The molecule has 3 heterocycles. The third-order valence-electron chi connectivity index (χ3n) is 4.94. The second kappa shape index (κ2) is 6.47. The van der Waals surface area contributed by atoms with Crippen LogP contribution in [0.25, 0.3) is 11.2 Å². The van der Waals surface area contributed by atoms with E-state index in [1.807, 2.05) is 16.4 Å². The average molecular weight is 360 g/mol. The lowest BCUT2D eigenvalue weighted by Gasteiger charge is -2.31. The number of nitrogens with two attached hydrogens (primary N) is 1. The standard InChI is InChI=1S/C17H24N6O3/c1-10(2)9-23-12-14(20(3)17(26)21(4)15(12)25)19-16(23)22-7-5-11(6-8-22)13(18)24/h11H,1,5-9H2,2-4H3,(H2,18,24). The fourth-order valence-electron chi connectivity index (χ4n) is 3.46. The molecule has 0 spiro atoms. The molecule has 3 rings (SSSR count). The van der Waals surface area contributed by atoms with Gasteiger partial charge in [0, 0.05) is 39.6 Å². The van der Waals surface area contributed by atoms with Crippen molar-refractivity contribution in [2.45, 2.75) is 26.3 Å². The van der Waals surface area contributed by atoms with Crippen molar-refractivity contribution in [2.24, 2.45) is 25.7 Å². The first-order chi connectivity index (χ1) is 12.2. The van der Waals surface area contributed by atoms with Gasteiger partial charge in [-0.15, -0.1) is 0 Å². The molecular weight excluding hydrogens is 336 g/mol. The summed E-state index contributed by atoms with van der Waals surface area (Å²) >= 11 is 0. The molecule has 2 N–H and O–H groups in total. The van der Waals surface area contributed by atoms with Gasteiger partial charge in [0.25, 0.3) is 5.56 Å². The van der Waals surface area contributed by atoms with Crippen LogP contribution in [0, 0.1) is 5.92 Å². The van der Waals surface area contributed by atoms with E-state index in [1.165, 1.54) is 11.6 Å². The van der Waals surface area contributed by atoms with E-state index < -0.39 is 5.69 Å². The molecule has 1 aliphatic rings. The van der Waals surface area contributed by atoms with Crippen molar-refractivity contribution in [2.75, 3.05) is 18.0 Å². The molecule has 1 amide bonds. The molecule has 0 bridgehead atoms. The van der Waals surface area contributed by atoms with Crippen LogP contribution < -0.4 is 21.9 Å². The van der Waals surface area contributed by atoms with Crippen LogP contribution in [0.5, 0.6) is 0 Å². The number of aryl methyl sites for hydroxylation is 1. The number of anilines is 1. The summed E-state index contributed by atoms with van der Waals surface area (Å²) in [5.74, 6) is 0.197. The zero-order valence-corrected chi connectivity index (χ0v) is 15.4. The average Bonchev–Trinajstić information content (AvgIpc) is 2.97. The Labute approximate surface area is 150 Å². The first-order valence-corrected chi connectivity index (χ1v) is 8.57. The van der Waals surface area contributed by atoms with Crippen LogP contribution in [-0.2, 0) is 25.4 Å². The van der Waals surface area contributed by atoms with E-state index in [1.54, 1.807) is 7.05 Å². The predicted octanol–water partition coefficient (Wildman–Crippen LogP) is -0.288. The molecule has 0 aromatic carbocycles.